The topological polar surface area (TPSA) is 96.4 Å². The number of carbonyl (C=O) groups is 3. The zero-order valence-electron chi connectivity index (χ0n) is 34.3. The van der Waals surface area contributed by atoms with Crippen molar-refractivity contribution in [3.63, 3.8) is 0 Å². The Morgan fingerprint density at radius 3 is 1.40 bits per heavy atom. The quantitative estimate of drug-likeness (QED) is 0.0553. The average Bonchev–Trinajstić information content (AvgIpc) is 3.17. The molecular formula is C45H62Br2N4O6. The van der Waals surface area contributed by atoms with Crippen LogP contribution in [0.25, 0.3) is 12.2 Å². The van der Waals surface area contributed by atoms with Gasteiger partial charge in [-0.15, -0.1) is 0 Å². The maximum Gasteiger partial charge on any atom is 0.339 e. The number of likely N-dealkylation sites (N-methyl/N-ethyl adjacent to an activating group) is 2. The Bertz CT molecular complexity index is 1720. The Hall–Kier alpha value is -3.97. The summed E-state index contributed by atoms with van der Waals surface area (Å²) >= 11 is 0. The maximum atomic E-state index is 12.6. The standard InChI is InChI=1S/C45H61N4O6.2BrH/c1-7-9-31-54-44(52)36(3)34-48(5)27-23-46(24-28-48)40-17-11-38(12-18-40)15-21-42(50)33-43(51)22-16-39-13-19-41(20-14-39)47-25-29-49(6,30-26-47)35-37(4)45(53)55-32-10-8-2;;/h11-22,33H,3-4,7-10,23-32,34-35H2,1-2,5-6H3;2*1H/q+1;;/p-1/b21-15+,22-16+;;. The Labute approximate surface area is 361 Å². The lowest BCUT2D eigenvalue weighted by Crippen LogP contribution is -3.00. The summed E-state index contributed by atoms with van der Waals surface area (Å²) in [5, 5.41) is 10.4. The van der Waals surface area contributed by atoms with Crippen molar-refractivity contribution in [1.29, 1.82) is 0 Å². The minimum atomic E-state index is -0.307. The first-order valence-corrected chi connectivity index (χ1v) is 19.7. The number of allylic oxidation sites excluding steroid dienone is 3. The number of benzene rings is 2. The van der Waals surface area contributed by atoms with Crippen LogP contribution in [0.2, 0.25) is 0 Å². The summed E-state index contributed by atoms with van der Waals surface area (Å²) in [5.41, 5.74) is 5.09. The largest absolute Gasteiger partial charge is 1.00 e. The van der Waals surface area contributed by atoms with Gasteiger partial charge in [0.05, 0.1) is 90.8 Å². The number of rotatable bonds is 19. The molecule has 10 nitrogen and oxygen atoms in total. The first-order chi connectivity index (χ1) is 26.3. The van der Waals surface area contributed by atoms with Crippen LogP contribution in [-0.2, 0) is 23.9 Å². The van der Waals surface area contributed by atoms with Crippen molar-refractivity contribution in [2.45, 2.75) is 39.5 Å². The van der Waals surface area contributed by atoms with Crippen molar-refractivity contribution in [2.75, 3.05) is 103 Å². The minimum Gasteiger partial charge on any atom is -1.00 e. The molecule has 0 aromatic heterocycles. The number of hydrogen-bond acceptors (Lipinski definition) is 8. The summed E-state index contributed by atoms with van der Waals surface area (Å²) in [4.78, 5) is 41.8. The molecule has 12 heteroatoms. The highest BCUT2D eigenvalue weighted by atomic mass is 79.9. The molecule has 4 rings (SSSR count). The van der Waals surface area contributed by atoms with Gasteiger partial charge in [0, 0.05) is 17.5 Å². The Kier molecular flexibility index (Phi) is 20.8. The van der Waals surface area contributed by atoms with Crippen LogP contribution in [0.15, 0.2) is 96.8 Å². The highest BCUT2D eigenvalue weighted by Gasteiger charge is 2.32. The number of anilines is 2. The number of unbranched alkanes of at least 4 members (excludes halogenated alkanes) is 2. The third-order valence-corrected chi connectivity index (χ3v) is 10.5. The fourth-order valence-corrected chi connectivity index (χ4v) is 6.80. The molecule has 0 amide bonds. The number of ketones is 1. The van der Waals surface area contributed by atoms with E-state index < -0.39 is 0 Å². The molecule has 2 fully saturated rings. The van der Waals surface area contributed by atoms with E-state index in [9.17, 15) is 19.5 Å². The monoisotopic (exact) mass is 912 g/mol. The molecule has 2 aliphatic rings. The normalized spacial score (nSPS) is 16.4. The van der Waals surface area contributed by atoms with Gasteiger partial charge in [0.15, 0.2) is 5.78 Å². The van der Waals surface area contributed by atoms with E-state index in [2.05, 4.69) is 75.2 Å². The average molecular weight is 915 g/mol. The summed E-state index contributed by atoms with van der Waals surface area (Å²) in [7, 11) is 4.33. The first kappa shape index (κ1) is 49.2. The number of hydrogen-bond donors (Lipinski definition) is 1. The summed E-state index contributed by atoms with van der Waals surface area (Å²) < 4.78 is 12.2. The lowest BCUT2D eigenvalue weighted by atomic mass is 10.1. The predicted octanol–water partition coefficient (Wildman–Crippen LogP) is 0.764. The molecule has 57 heavy (non-hydrogen) atoms. The zero-order chi connectivity index (χ0) is 39.8. The number of nitrogens with zero attached hydrogens (tertiary/aromatic N) is 4. The fraction of sp³-hybridized carbons (Fsp3) is 0.444. The smallest absolute Gasteiger partial charge is 0.339 e. The van der Waals surface area contributed by atoms with Crippen molar-refractivity contribution < 1.29 is 71.9 Å². The predicted molar refractivity (Wildman–Crippen MR) is 223 cm³/mol. The molecule has 2 aliphatic heterocycles. The van der Waals surface area contributed by atoms with Crippen molar-refractivity contribution in [1.82, 2.24) is 0 Å². The van der Waals surface area contributed by atoms with Crippen LogP contribution in [0.3, 0.4) is 0 Å². The summed E-state index contributed by atoms with van der Waals surface area (Å²) in [6.45, 7) is 21.2. The second kappa shape index (κ2) is 24.1. The summed E-state index contributed by atoms with van der Waals surface area (Å²) in [6.07, 6.45) is 11.4. The number of quaternary nitrogens is 2. The molecule has 0 saturated carbocycles. The number of aliphatic hydroxyl groups is 1. The van der Waals surface area contributed by atoms with Crippen molar-refractivity contribution >= 4 is 41.2 Å². The number of halogens is 2. The number of piperazine rings is 2. The molecule has 0 atom stereocenters. The van der Waals surface area contributed by atoms with Gasteiger partial charge in [-0.05, 0) is 60.4 Å². The van der Waals surface area contributed by atoms with Crippen LogP contribution in [-0.4, -0.2) is 125 Å². The third kappa shape index (κ3) is 16.1. The Balaban J connectivity index is 0.00000561. The molecule has 2 aromatic rings. The van der Waals surface area contributed by atoms with Gasteiger partial charge in [0.25, 0.3) is 0 Å². The van der Waals surface area contributed by atoms with Crippen molar-refractivity contribution in [3.8, 4) is 0 Å². The third-order valence-electron chi connectivity index (χ3n) is 10.5. The lowest BCUT2D eigenvalue weighted by molar-refractivity contribution is -0.905. The van der Waals surface area contributed by atoms with Crippen LogP contribution >= 0.6 is 0 Å². The van der Waals surface area contributed by atoms with Gasteiger partial charge in [-0.25, -0.2) is 9.59 Å². The van der Waals surface area contributed by atoms with E-state index >= 15 is 0 Å². The second-order valence-electron chi connectivity index (χ2n) is 15.4. The van der Waals surface area contributed by atoms with Gasteiger partial charge in [-0.1, -0.05) is 76.3 Å². The van der Waals surface area contributed by atoms with Gasteiger partial charge in [0.2, 0.25) is 0 Å². The van der Waals surface area contributed by atoms with Crippen molar-refractivity contribution in [3.05, 3.63) is 108 Å². The van der Waals surface area contributed by atoms with E-state index in [0.717, 1.165) is 110 Å². The van der Waals surface area contributed by atoms with Gasteiger partial charge < -0.3 is 67.3 Å². The molecular weight excluding hydrogens is 852 g/mol. The Morgan fingerprint density at radius 1 is 0.667 bits per heavy atom. The molecule has 312 valence electrons. The highest BCUT2D eigenvalue weighted by Crippen LogP contribution is 2.23. The molecule has 2 heterocycles. The van der Waals surface area contributed by atoms with E-state index in [0.29, 0.717) is 37.4 Å². The van der Waals surface area contributed by atoms with Gasteiger partial charge in [0.1, 0.15) is 18.8 Å². The van der Waals surface area contributed by atoms with Crippen molar-refractivity contribution in [2.24, 2.45) is 0 Å². The van der Waals surface area contributed by atoms with Crippen LogP contribution in [0.5, 0.6) is 0 Å². The Morgan fingerprint density at radius 2 is 1.04 bits per heavy atom. The molecule has 0 bridgehead atoms. The number of aliphatic hydroxyl groups excluding tert-OH is 1. The van der Waals surface area contributed by atoms with E-state index in [1.54, 1.807) is 12.2 Å². The van der Waals surface area contributed by atoms with Crippen LogP contribution in [0.1, 0.15) is 50.7 Å². The SMILES string of the molecule is C=C(C[N+]1(C)CCN(c2ccc(/C=C/C(=O)/C=C(O)/C=C/c3ccc(N4CC[N+](C)(CC(=C)C(=O)OCCCC)CC4)cc3)cc2)CC1)C(=O)OCCCC.[Br-].[Br-]. The molecule has 1 N–H and O–H groups in total. The molecule has 0 unspecified atom stereocenters. The molecule has 2 saturated heterocycles. The van der Waals surface area contributed by atoms with Crippen LogP contribution in [0.4, 0.5) is 11.4 Å². The summed E-state index contributed by atoms with van der Waals surface area (Å²) in [6, 6.07) is 16.2. The highest BCUT2D eigenvalue weighted by molar-refractivity contribution is 6.02. The molecule has 0 aliphatic carbocycles. The molecule has 0 radical (unpaired) electrons. The van der Waals surface area contributed by atoms with Crippen LogP contribution < -0.4 is 43.8 Å². The van der Waals surface area contributed by atoms with Gasteiger partial charge in [-0.3, -0.25) is 4.79 Å². The summed E-state index contributed by atoms with van der Waals surface area (Å²) in [5.74, 6) is -1.00. The zero-order valence-corrected chi connectivity index (χ0v) is 37.4. The number of ether oxygens (including phenoxy) is 2. The van der Waals surface area contributed by atoms with Gasteiger partial charge >= 0.3 is 11.9 Å². The van der Waals surface area contributed by atoms with Crippen LogP contribution in [0, 0.1) is 0 Å². The molecule has 0 spiro atoms. The molecule has 2 aromatic carbocycles. The first-order valence-electron chi connectivity index (χ1n) is 19.7. The van der Waals surface area contributed by atoms with E-state index in [1.165, 1.54) is 18.2 Å². The number of carbonyl (C=O) groups excluding carboxylic acids is 3. The van der Waals surface area contributed by atoms with Gasteiger partial charge in [-0.2, -0.15) is 0 Å². The second-order valence-corrected chi connectivity index (χ2v) is 15.4. The minimum absolute atomic E-state index is 0. The van der Waals surface area contributed by atoms with E-state index in [1.807, 2.05) is 24.3 Å². The maximum absolute atomic E-state index is 12.6. The fourth-order valence-electron chi connectivity index (χ4n) is 6.80. The van der Waals surface area contributed by atoms with E-state index in [-0.39, 0.29) is 57.4 Å². The van der Waals surface area contributed by atoms with E-state index in [4.69, 9.17) is 9.47 Å². The number of esters is 2. The lowest BCUT2D eigenvalue weighted by Gasteiger charge is -2.43.